The first-order chi connectivity index (χ1) is 11.7. The van der Waals surface area contributed by atoms with Crippen LogP contribution in [-0.4, -0.2) is 26.1 Å². The van der Waals surface area contributed by atoms with Crippen LogP contribution in [0.15, 0.2) is 48.5 Å². The summed E-state index contributed by atoms with van der Waals surface area (Å²) in [5.74, 6) is 0.771. The van der Waals surface area contributed by atoms with Crippen molar-refractivity contribution in [1.82, 2.24) is 0 Å². The van der Waals surface area contributed by atoms with E-state index in [1.54, 1.807) is 7.11 Å². The molecule has 1 fully saturated rings. The lowest BCUT2D eigenvalue weighted by Crippen LogP contribution is -2.29. The summed E-state index contributed by atoms with van der Waals surface area (Å²) in [5.41, 5.74) is 3.07. The Balaban J connectivity index is 1.55. The van der Waals surface area contributed by atoms with Gasteiger partial charge in [0.1, 0.15) is 5.75 Å². The van der Waals surface area contributed by atoms with E-state index in [0.717, 1.165) is 30.1 Å². The molecule has 0 bridgehead atoms. The second kappa shape index (κ2) is 7.86. The van der Waals surface area contributed by atoms with Crippen molar-refractivity contribution in [2.75, 3.05) is 30.4 Å². The van der Waals surface area contributed by atoms with Crippen LogP contribution in [-0.2, 0) is 11.2 Å². The van der Waals surface area contributed by atoms with Gasteiger partial charge in [0.2, 0.25) is 5.91 Å². The number of anilines is 2. The van der Waals surface area contributed by atoms with E-state index in [-0.39, 0.29) is 5.91 Å². The van der Waals surface area contributed by atoms with E-state index in [9.17, 15) is 4.79 Å². The number of nitrogens with zero attached hydrogens (tertiary/aromatic N) is 1. The van der Waals surface area contributed by atoms with Crippen molar-refractivity contribution in [3.63, 3.8) is 0 Å². The molecule has 0 saturated carbocycles. The van der Waals surface area contributed by atoms with Gasteiger partial charge in [-0.3, -0.25) is 4.79 Å². The number of benzene rings is 2. The monoisotopic (exact) mass is 324 g/mol. The van der Waals surface area contributed by atoms with Crippen LogP contribution in [0.4, 0.5) is 11.4 Å². The number of hydrogen-bond acceptors (Lipinski definition) is 3. The van der Waals surface area contributed by atoms with Crippen molar-refractivity contribution in [2.45, 2.75) is 25.7 Å². The number of amides is 1. The highest BCUT2D eigenvalue weighted by atomic mass is 16.5. The number of carbonyl (C=O) groups excluding carboxylic acids is 1. The molecule has 4 heteroatoms. The van der Waals surface area contributed by atoms with Crippen molar-refractivity contribution in [2.24, 2.45) is 0 Å². The van der Waals surface area contributed by atoms with Gasteiger partial charge in [-0.05, 0) is 61.2 Å². The minimum absolute atomic E-state index is 0.00844. The summed E-state index contributed by atoms with van der Waals surface area (Å²) in [6.45, 7) is 2.27. The average Bonchev–Trinajstić information content (AvgIpc) is 2.64. The quantitative estimate of drug-likeness (QED) is 0.908. The zero-order valence-electron chi connectivity index (χ0n) is 14.1. The topological polar surface area (TPSA) is 41.6 Å². The van der Waals surface area contributed by atoms with E-state index >= 15 is 0 Å². The number of methoxy groups -OCH3 is 1. The Labute approximate surface area is 143 Å². The molecule has 0 aromatic heterocycles. The zero-order chi connectivity index (χ0) is 16.8. The maximum atomic E-state index is 12.2. The highest BCUT2D eigenvalue weighted by molar-refractivity contribution is 5.92. The highest BCUT2D eigenvalue weighted by Gasteiger charge is 2.11. The Morgan fingerprint density at radius 2 is 1.67 bits per heavy atom. The fourth-order valence-corrected chi connectivity index (χ4v) is 3.04. The molecule has 0 spiro atoms. The van der Waals surface area contributed by atoms with Crippen LogP contribution < -0.4 is 15.0 Å². The second-order valence-corrected chi connectivity index (χ2v) is 6.17. The fraction of sp³-hybridized carbons (Fsp3) is 0.350. The van der Waals surface area contributed by atoms with E-state index in [4.69, 9.17) is 4.74 Å². The third-order valence-corrected chi connectivity index (χ3v) is 4.40. The van der Waals surface area contributed by atoms with Gasteiger partial charge < -0.3 is 15.0 Å². The Kier molecular flexibility index (Phi) is 5.36. The van der Waals surface area contributed by atoms with Gasteiger partial charge in [-0.1, -0.05) is 12.1 Å². The Morgan fingerprint density at radius 1 is 1.00 bits per heavy atom. The Bertz CT molecular complexity index is 659. The largest absolute Gasteiger partial charge is 0.497 e. The smallest absolute Gasteiger partial charge is 0.228 e. The van der Waals surface area contributed by atoms with E-state index < -0.39 is 0 Å². The van der Waals surface area contributed by atoms with Gasteiger partial charge in [0.15, 0.2) is 0 Å². The number of ether oxygens (including phenoxy) is 1. The zero-order valence-corrected chi connectivity index (χ0v) is 14.1. The molecule has 1 heterocycles. The number of hydrogen-bond donors (Lipinski definition) is 1. The Hall–Kier alpha value is -2.49. The molecule has 24 heavy (non-hydrogen) atoms. The number of nitrogens with one attached hydrogen (secondary N) is 1. The summed E-state index contributed by atoms with van der Waals surface area (Å²) >= 11 is 0. The third-order valence-electron chi connectivity index (χ3n) is 4.40. The lowest BCUT2D eigenvalue weighted by atomic mass is 10.1. The number of rotatable bonds is 5. The van der Waals surface area contributed by atoms with Crippen molar-refractivity contribution in [3.05, 3.63) is 54.1 Å². The summed E-state index contributed by atoms with van der Waals surface area (Å²) in [4.78, 5) is 14.6. The highest BCUT2D eigenvalue weighted by Crippen LogP contribution is 2.21. The molecular formula is C20H24N2O2. The first-order valence-electron chi connectivity index (χ1n) is 8.52. The first kappa shape index (κ1) is 16.4. The molecular weight excluding hydrogens is 300 g/mol. The van der Waals surface area contributed by atoms with Crippen LogP contribution in [0.3, 0.4) is 0 Å². The van der Waals surface area contributed by atoms with Crippen LogP contribution in [0.25, 0.3) is 0 Å². The molecule has 2 aromatic carbocycles. The van der Waals surface area contributed by atoms with Gasteiger partial charge in [-0.2, -0.15) is 0 Å². The molecule has 1 N–H and O–H groups in total. The molecule has 126 valence electrons. The van der Waals surface area contributed by atoms with E-state index in [1.165, 1.54) is 24.9 Å². The molecule has 1 aliphatic heterocycles. The van der Waals surface area contributed by atoms with Crippen molar-refractivity contribution in [1.29, 1.82) is 0 Å². The summed E-state index contributed by atoms with van der Waals surface area (Å²) in [6, 6.07) is 15.7. The standard InChI is InChI=1S/C20H24N2O2/c1-24-19-11-7-17(8-12-19)21-20(23)15-16-5-9-18(10-6-16)22-13-3-2-4-14-22/h5-12H,2-4,13-15H2,1H3,(H,21,23). The fourth-order valence-electron chi connectivity index (χ4n) is 3.04. The van der Waals surface area contributed by atoms with Crippen molar-refractivity contribution < 1.29 is 9.53 Å². The lowest BCUT2D eigenvalue weighted by molar-refractivity contribution is -0.115. The SMILES string of the molecule is COc1ccc(NC(=O)Cc2ccc(N3CCCCC3)cc2)cc1. The van der Waals surface area contributed by atoms with Crippen molar-refractivity contribution >= 4 is 17.3 Å². The summed E-state index contributed by atoms with van der Waals surface area (Å²) in [5, 5.41) is 2.91. The average molecular weight is 324 g/mol. The first-order valence-corrected chi connectivity index (χ1v) is 8.52. The second-order valence-electron chi connectivity index (χ2n) is 6.17. The predicted octanol–water partition coefficient (Wildman–Crippen LogP) is 3.87. The molecule has 0 atom stereocenters. The summed E-state index contributed by atoms with van der Waals surface area (Å²) in [7, 11) is 1.63. The molecule has 1 saturated heterocycles. The molecule has 4 nitrogen and oxygen atoms in total. The Morgan fingerprint density at radius 3 is 2.29 bits per heavy atom. The van der Waals surface area contributed by atoms with Crippen molar-refractivity contribution in [3.8, 4) is 5.75 Å². The molecule has 0 radical (unpaired) electrons. The molecule has 1 amide bonds. The van der Waals surface area contributed by atoms with Gasteiger partial charge in [0, 0.05) is 24.5 Å². The minimum atomic E-state index is -0.00844. The van der Waals surface area contributed by atoms with Gasteiger partial charge in [-0.25, -0.2) is 0 Å². The summed E-state index contributed by atoms with van der Waals surface area (Å²) < 4.78 is 5.11. The lowest BCUT2D eigenvalue weighted by Gasteiger charge is -2.28. The van der Waals surface area contributed by atoms with Crippen LogP contribution in [0.1, 0.15) is 24.8 Å². The molecule has 3 rings (SSSR count). The van der Waals surface area contributed by atoms with E-state index in [1.807, 2.05) is 24.3 Å². The minimum Gasteiger partial charge on any atom is -0.497 e. The number of carbonyl (C=O) groups is 1. The van der Waals surface area contributed by atoms with Crippen LogP contribution >= 0.6 is 0 Å². The predicted molar refractivity (Wildman–Crippen MR) is 97.8 cm³/mol. The molecule has 0 unspecified atom stereocenters. The van der Waals surface area contributed by atoms with Gasteiger partial charge >= 0.3 is 0 Å². The van der Waals surface area contributed by atoms with E-state index in [0.29, 0.717) is 6.42 Å². The third kappa shape index (κ3) is 4.28. The van der Waals surface area contributed by atoms with E-state index in [2.05, 4.69) is 34.5 Å². The normalized spacial score (nSPS) is 14.3. The van der Waals surface area contributed by atoms with Crippen LogP contribution in [0.2, 0.25) is 0 Å². The maximum Gasteiger partial charge on any atom is 0.228 e. The summed E-state index contributed by atoms with van der Waals surface area (Å²) in [6.07, 6.45) is 4.25. The van der Waals surface area contributed by atoms with Crippen LogP contribution in [0, 0.1) is 0 Å². The van der Waals surface area contributed by atoms with Gasteiger partial charge in [0.05, 0.1) is 13.5 Å². The molecule has 1 aliphatic rings. The van der Waals surface area contributed by atoms with Gasteiger partial charge in [0.25, 0.3) is 0 Å². The van der Waals surface area contributed by atoms with Crippen LogP contribution in [0.5, 0.6) is 5.75 Å². The maximum absolute atomic E-state index is 12.2. The van der Waals surface area contributed by atoms with Gasteiger partial charge in [-0.15, -0.1) is 0 Å². The number of piperidine rings is 1. The molecule has 2 aromatic rings. The molecule has 0 aliphatic carbocycles.